The van der Waals surface area contributed by atoms with Crippen molar-refractivity contribution in [3.8, 4) is 0 Å². The van der Waals surface area contributed by atoms with Gasteiger partial charge in [0.2, 0.25) is 0 Å². The lowest BCUT2D eigenvalue weighted by Gasteiger charge is -2.20. The first-order valence-electron chi connectivity index (χ1n) is 5.89. The summed E-state index contributed by atoms with van der Waals surface area (Å²) in [6, 6.07) is 6.11. The molecule has 1 rings (SSSR count). The van der Waals surface area contributed by atoms with Crippen molar-refractivity contribution in [3.05, 3.63) is 23.9 Å². The molecule has 0 radical (unpaired) electrons. The third-order valence-corrected chi connectivity index (χ3v) is 2.15. The lowest BCUT2D eigenvalue weighted by Crippen LogP contribution is -2.29. The van der Waals surface area contributed by atoms with E-state index in [1.54, 1.807) is 0 Å². The Morgan fingerprint density at radius 3 is 2.19 bits per heavy atom. The molecule has 0 unspecified atom stereocenters. The summed E-state index contributed by atoms with van der Waals surface area (Å²) in [5, 5.41) is 0. The maximum Gasteiger partial charge on any atom is 0.128 e. The van der Waals surface area contributed by atoms with Crippen LogP contribution in [0.25, 0.3) is 0 Å². The van der Waals surface area contributed by atoms with Crippen molar-refractivity contribution in [2.75, 3.05) is 39.1 Å². The molecule has 1 heterocycles. The van der Waals surface area contributed by atoms with E-state index in [9.17, 15) is 0 Å². The van der Waals surface area contributed by atoms with Crippen LogP contribution in [0.15, 0.2) is 18.2 Å². The summed E-state index contributed by atoms with van der Waals surface area (Å²) in [7, 11) is 6.24. The Hall–Kier alpha value is -1.09. The average molecular weight is 223 g/mol. The summed E-state index contributed by atoms with van der Waals surface area (Å²) in [4.78, 5) is 8.80. The molecule has 92 valence electrons. The number of hydrogen-bond acceptors (Lipinski definition) is 3. The highest BCUT2D eigenvalue weighted by atomic mass is 15.2. The maximum atomic E-state index is 4.46. The summed E-state index contributed by atoms with van der Waals surface area (Å²) in [5.41, 5.74) is 1.07. The molecule has 0 aliphatic carbocycles. The molecule has 0 fully saturated rings. The zero-order valence-corrected chi connectivity index (χ0v) is 11.5. The lowest BCUT2D eigenvalue weighted by atomic mass is 10.3. The van der Waals surface area contributed by atoms with Crippen molar-refractivity contribution in [2.24, 2.45) is 0 Å². The number of aromatic nitrogens is 1. The van der Waals surface area contributed by atoms with Gasteiger partial charge in [0, 0.05) is 25.8 Å². The van der Waals surface area contributed by atoms with Gasteiger partial charge in [-0.3, -0.25) is 0 Å². The first kappa shape index (κ1) is 14.9. The van der Waals surface area contributed by atoms with Crippen LogP contribution in [0.3, 0.4) is 0 Å². The monoisotopic (exact) mass is 223 g/mol. The van der Waals surface area contributed by atoms with E-state index in [2.05, 4.69) is 35.9 Å². The topological polar surface area (TPSA) is 19.4 Å². The number of likely N-dealkylation sites (N-methyl/N-ethyl adjacent to an activating group) is 2. The predicted molar refractivity (Wildman–Crippen MR) is 72.1 cm³/mol. The van der Waals surface area contributed by atoms with E-state index in [0.29, 0.717) is 0 Å². The molecule has 0 amide bonds. The Balaban J connectivity index is 0.00000106. The van der Waals surface area contributed by atoms with E-state index in [4.69, 9.17) is 0 Å². The van der Waals surface area contributed by atoms with Crippen LogP contribution < -0.4 is 4.90 Å². The van der Waals surface area contributed by atoms with Crippen LogP contribution in [-0.2, 0) is 0 Å². The minimum Gasteiger partial charge on any atom is -0.358 e. The van der Waals surface area contributed by atoms with E-state index in [-0.39, 0.29) is 0 Å². The molecular formula is C13H25N3. The fourth-order valence-electron chi connectivity index (χ4n) is 1.21. The molecule has 0 aliphatic heterocycles. The second-order valence-corrected chi connectivity index (χ2v) is 3.86. The minimum atomic E-state index is 1.00. The first-order valence-corrected chi connectivity index (χ1v) is 5.89. The lowest BCUT2D eigenvalue weighted by molar-refractivity contribution is 0.416. The van der Waals surface area contributed by atoms with Crippen molar-refractivity contribution in [2.45, 2.75) is 20.8 Å². The van der Waals surface area contributed by atoms with E-state index in [0.717, 1.165) is 24.6 Å². The number of anilines is 1. The molecule has 0 spiro atoms. The van der Waals surface area contributed by atoms with Gasteiger partial charge in [-0.2, -0.15) is 0 Å². The van der Waals surface area contributed by atoms with Crippen LogP contribution in [0.4, 0.5) is 5.82 Å². The molecule has 0 aromatic carbocycles. The number of rotatable bonds is 4. The third-order valence-electron chi connectivity index (χ3n) is 2.15. The van der Waals surface area contributed by atoms with Gasteiger partial charge in [-0.25, -0.2) is 4.98 Å². The van der Waals surface area contributed by atoms with Crippen molar-refractivity contribution in [1.29, 1.82) is 0 Å². The van der Waals surface area contributed by atoms with E-state index in [1.807, 2.05) is 39.0 Å². The molecule has 0 saturated heterocycles. The van der Waals surface area contributed by atoms with Gasteiger partial charge < -0.3 is 9.80 Å². The zero-order valence-electron chi connectivity index (χ0n) is 11.5. The van der Waals surface area contributed by atoms with Crippen LogP contribution >= 0.6 is 0 Å². The Morgan fingerprint density at radius 1 is 1.06 bits per heavy atom. The second kappa shape index (κ2) is 8.11. The summed E-state index contributed by atoms with van der Waals surface area (Å²) >= 11 is 0. The summed E-state index contributed by atoms with van der Waals surface area (Å²) in [6.45, 7) is 8.07. The van der Waals surface area contributed by atoms with Gasteiger partial charge in [-0.15, -0.1) is 0 Å². The highest BCUT2D eigenvalue weighted by Gasteiger charge is 2.01. The van der Waals surface area contributed by atoms with E-state index >= 15 is 0 Å². The fraction of sp³-hybridized carbons (Fsp3) is 0.615. The molecule has 0 N–H and O–H groups in total. The molecule has 16 heavy (non-hydrogen) atoms. The number of nitrogens with zero attached hydrogens (tertiary/aromatic N) is 3. The van der Waals surface area contributed by atoms with Gasteiger partial charge in [-0.05, 0) is 33.2 Å². The normalized spacial score (nSPS) is 9.69. The number of pyridine rings is 1. The predicted octanol–water partition coefficient (Wildman–Crippen LogP) is 2.41. The zero-order chi connectivity index (χ0) is 12.6. The average Bonchev–Trinajstić information content (AvgIpc) is 2.28. The summed E-state index contributed by atoms with van der Waals surface area (Å²) in [6.07, 6.45) is 0. The number of hydrogen-bond donors (Lipinski definition) is 0. The molecule has 1 aromatic rings. The van der Waals surface area contributed by atoms with Crippen molar-refractivity contribution in [1.82, 2.24) is 9.88 Å². The largest absolute Gasteiger partial charge is 0.358 e. The van der Waals surface area contributed by atoms with Gasteiger partial charge in [0.25, 0.3) is 0 Å². The van der Waals surface area contributed by atoms with Crippen LogP contribution in [0.5, 0.6) is 0 Å². The Morgan fingerprint density at radius 2 is 1.69 bits per heavy atom. The van der Waals surface area contributed by atoms with E-state index in [1.165, 1.54) is 0 Å². The standard InChI is InChI=1S/C11H19N3.C2H6/c1-10-6-5-7-11(12-10)14(4)9-8-13(2)3;1-2/h5-7H,8-9H2,1-4H3;1-2H3. The molecule has 3 nitrogen and oxygen atoms in total. The minimum absolute atomic E-state index is 1.00. The van der Waals surface area contributed by atoms with Crippen LogP contribution in [0.1, 0.15) is 19.5 Å². The molecule has 0 saturated carbocycles. The van der Waals surface area contributed by atoms with Crippen LogP contribution in [-0.4, -0.2) is 44.1 Å². The summed E-state index contributed by atoms with van der Waals surface area (Å²) in [5.74, 6) is 1.05. The quantitative estimate of drug-likeness (QED) is 0.781. The molecule has 3 heteroatoms. The van der Waals surface area contributed by atoms with E-state index < -0.39 is 0 Å². The van der Waals surface area contributed by atoms with Crippen molar-refractivity contribution >= 4 is 5.82 Å². The van der Waals surface area contributed by atoms with Gasteiger partial charge in [0.05, 0.1) is 0 Å². The van der Waals surface area contributed by atoms with Gasteiger partial charge in [0.15, 0.2) is 0 Å². The molecular weight excluding hydrogens is 198 g/mol. The van der Waals surface area contributed by atoms with Crippen molar-refractivity contribution in [3.63, 3.8) is 0 Å². The number of aryl methyl sites for hydroxylation is 1. The van der Waals surface area contributed by atoms with Crippen molar-refractivity contribution < 1.29 is 0 Å². The van der Waals surface area contributed by atoms with Gasteiger partial charge in [-0.1, -0.05) is 19.9 Å². The summed E-state index contributed by atoms with van der Waals surface area (Å²) < 4.78 is 0. The Labute approximate surface area is 100 Å². The fourth-order valence-corrected chi connectivity index (χ4v) is 1.21. The second-order valence-electron chi connectivity index (χ2n) is 3.86. The van der Waals surface area contributed by atoms with Crippen LogP contribution in [0, 0.1) is 6.92 Å². The SMILES string of the molecule is CC.Cc1cccc(N(C)CCN(C)C)n1. The Bertz CT molecular complexity index is 284. The van der Waals surface area contributed by atoms with Gasteiger partial charge >= 0.3 is 0 Å². The Kier molecular flexibility index (Phi) is 7.56. The molecule has 1 aromatic heterocycles. The highest BCUT2D eigenvalue weighted by molar-refractivity contribution is 5.37. The molecule has 0 atom stereocenters. The van der Waals surface area contributed by atoms with Gasteiger partial charge in [0.1, 0.15) is 5.82 Å². The van der Waals surface area contributed by atoms with Crippen LogP contribution in [0.2, 0.25) is 0 Å². The highest BCUT2D eigenvalue weighted by Crippen LogP contribution is 2.08. The first-order chi connectivity index (χ1) is 7.59. The third kappa shape index (κ3) is 5.71. The smallest absolute Gasteiger partial charge is 0.128 e. The molecule has 0 aliphatic rings. The molecule has 0 bridgehead atoms. The maximum absolute atomic E-state index is 4.46.